The molecule has 0 spiro atoms. The number of aryl methyl sites for hydroxylation is 1. The van der Waals surface area contributed by atoms with Crippen LogP contribution in [-0.4, -0.2) is 20.9 Å². The summed E-state index contributed by atoms with van der Waals surface area (Å²) in [6.07, 6.45) is -3.60. The molecule has 0 aromatic heterocycles. The molecule has 0 bridgehead atoms. The Morgan fingerprint density at radius 3 is 2.34 bits per heavy atom. The maximum absolute atomic E-state index is 12.8. The molecule has 10 heteroatoms. The Morgan fingerprint density at radius 2 is 1.76 bits per heavy atom. The number of hydrogen-bond acceptors (Lipinski definition) is 3. The van der Waals surface area contributed by atoms with Gasteiger partial charge in [0.25, 0.3) is 0 Å². The van der Waals surface area contributed by atoms with Crippen LogP contribution in [0.15, 0.2) is 47.4 Å². The summed E-state index contributed by atoms with van der Waals surface area (Å²) < 4.78 is 64.9. The molecule has 0 unspecified atom stereocenters. The van der Waals surface area contributed by atoms with Crippen LogP contribution in [0, 0.1) is 0 Å². The molecule has 0 aliphatic rings. The first-order valence-electron chi connectivity index (χ1n) is 8.78. The van der Waals surface area contributed by atoms with Gasteiger partial charge in [-0.3, -0.25) is 4.79 Å². The van der Waals surface area contributed by atoms with E-state index in [2.05, 4.69) is 10.0 Å². The van der Waals surface area contributed by atoms with Gasteiger partial charge in [0.1, 0.15) is 0 Å². The molecule has 0 radical (unpaired) electrons. The highest BCUT2D eigenvalue weighted by Gasteiger charge is 2.31. The number of halogens is 4. The zero-order chi connectivity index (χ0) is 21.7. The average molecular weight is 449 g/mol. The maximum Gasteiger partial charge on any atom is 0.416 e. The van der Waals surface area contributed by atoms with Gasteiger partial charge in [-0.15, -0.1) is 0 Å². The van der Waals surface area contributed by atoms with Crippen molar-refractivity contribution in [2.24, 2.45) is 0 Å². The molecule has 0 fully saturated rings. The summed E-state index contributed by atoms with van der Waals surface area (Å²) in [6, 6.07) is 8.75. The van der Waals surface area contributed by atoms with Crippen molar-refractivity contribution in [2.45, 2.75) is 37.3 Å². The number of anilines is 1. The molecule has 5 nitrogen and oxygen atoms in total. The molecule has 2 rings (SSSR count). The second kappa shape index (κ2) is 9.60. The largest absolute Gasteiger partial charge is 0.416 e. The highest BCUT2D eigenvalue weighted by atomic mass is 35.5. The fourth-order valence-electron chi connectivity index (χ4n) is 2.42. The van der Waals surface area contributed by atoms with Crippen molar-refractivity contribution in [1.82, 2.24) is 4.72 Å². The van der Waals surface area contributed by atoms with E-state index in [0.717, 1.165) is 18.2 Å². The average Bonchev–Trinajstić information content (AvgIpc) is 2.66. The summed E-state index contributed by atoms with van der Waals surface area (Å²) in [7, 11) is -3.57. The number of carbonyl (C=O) groups excluding carboxylic acids is 1. The van der Waals surface area contributed by atoms with E-state index in [-0.39, 0.29) is 28.4 Å². The lowest BCUT2D eigenvalue weighted by molar-refractivity contribution is -0.137. The second-order valence-electron chi connectivity index (χ2n) is 6.28. The van der Waals surface area contributed by atoms with Crippen LogP contribution >= 0.6 is 11.6 Å². The molecule has 0 saturated carbocycles. The summed E-state index contributed by atoms with van der Waals surface area (Å²) in [5, 5.41) is 2.38. The number of hydrogen-bond donors (Lipinski definition) is 2. The van der Waals surface area contributed by atoms with Gasteiger partial charge in [-0.05, 0) is 48.7 Å². The van der Waals surface area contributed by atoms with Gasteiger partial charge in [0.05, 0.1) is 21.2 Å². The lowest BCUT2D eigenvalue weighted by Crippen LogP contribution is -2.24. The Kier molecular flexibility index (Phi) is 7.67. The van der Waals surface area contributed by atoms with Crippen molar-refractivity contribution in [3.8, 4) is 0 Å². The van der Waals surface area contributed by atoms with Gasteiger partial charge in [-0.2, -0.15) is 13.2 Å². The SMILES string of the molecule is CCCNS(=O)(=O)c1ccc(CCC(=O)Nc2cc(C(F)(F)F)ccc2Cl)cc1. The molecule has 2 N–H and O–H groups in total. The third kappa shape index (κ3) is 6.73. The molecule has 2 aromatic rings. The lowest BCUT2D eigenvalue weighted by atomic mass is 10.1. The van der Waals surface area contributed by atoms with Gasteiger partial charge < -0.3 is 5.32 Å². The van der Waals surface area contributed by atoms with E-state index in [1.165, 1.54) is 12.1 Å². The molecule has 1 amide bonds. The summed E-state index contributed by atoms with van der Waals surface area (Å²) in [5.41, 5.74) is -0.314. The zero-order valence-corrected chi connectivity index (χ0v) is 17.1. The van der Waals surface area contributed by atoms with E-state index >= 15 is 0 Å². The van der Waals surface area contributed by atoms with Crippen molar-refractivity contribution in [1.29, 1.82) is 0 Å². The van der Waals surface area contributed by atoms with Crippen molar-refractivity contribution >= 4 is 33.2 Å². The molecule has 2 aromatic carbocycles. The van der Waals surface area contributed by atoms with Crippen LogP contribution in [0.5, 0.6) is 0 Å². The fourth-order valence-corrected chi connectivity index (χ4v) is 3.72. The molecule has 0 aliphatic heterocycles. The highest BCUT2D eigenvalue weighted by Crippen LogP contribution is 2.33. The van der Waals surface area contributed by atoms with E-state index in [0.29, 0.717) is 18.5 Å². The summed E-state index contributed by atoms with van der Waals surface area (Å²) in [4.78, 5) is 12.2. The van der Waals surface area contributed by atoms with Gasteiger partial charge >= 0.3 is 6.18 Å². The monoisotopic (exact) mass is 448 g/mol. The Balaban J connectivity index is 1.98. The summed E-state index contributed by atoms with van der Waals surface area (Å²) in [5.74, 6) is -0.507. The minimum Gasteiger partial charge on any atom is -0.325 e. The van der Waals surface area contributed by atoms with Crippen molar-refractivity contribution in [3.63, 3.8) is 0 Å². The predicted octanol–water partition coefficient (Wildman–Crippen LogP) is 4.62. The number of benzene rings is 2. The molecule has 0 heterocycles. The van der Waals surface area contributed by atoms with Crippen LogP contribution in [0.1, 0.15) is 30.9 Å². The van der Waals surface area contributed by atoms with Crippen molar-refractivity contribution in [2.75, 3.05) is 11.9 Å². The maximum atomic E-state index is 12.8. The smallest absolute Gasteiger partial charge is 0.325 e. The summed E-state index contributed by atoms with van der Waals surface area (Å²) in [6.45, 7) is 2.19. The molecule has 0 atom stereocenters. The molecule has 0 saturated heterocycles. The van der Waals surface area contributed by atoms with E-state index in [4.69, 9.17) is 11.6 Å². The number of carbonyl (C=O) groups is 1. The second-order valence-corrected chi connectivity index (χ2v) is 8.46. The van der Waals surface area contributed by atoms with Gasteiger partial charge in [0.2, 0.25) is 15.9 Å². The lowest BCUT2D eigenvalue weighted by Gasteiger charge is -2.12. The minimum atomic E-state index is -4.54. The van der Waals surface area contributed by atoms with Crippen LogP contribution in [0.2, 0.25) is 5.02 Å². The van der Waals surface area contributed by atoms with E-state index in [1.807, 2.05) is 6.92 Å². The Bertz CT molecular complexity index is 962. The first-order chi connectivity index (χ1) is 13.5. The number of amides is 1. The standard InChI is InChI=1S/C19H20ClF3N2O3S/c1-2-11-24-29(27,28)15-7-3-13(4-8-15)5-10-18(26)25-17-12-14(19(21,22)23)6-9-16(17)20/h3-4,6-9,12,24H,2,5,10-11H2,1H3,(H,25,26). The van der Waals surface area contributed by atoms with Gasteiger partial charge in [0, 0.05) is 13.0 Å². The number of nitrogens with one attached hydrogen (secondary N) is 2. The van der Waals surface area contributed by atoms with E-state index in [1.54, 1.807) is 12.1 Å². The third-order valence-corrected chi connectivity index (χ3v) is 5.79. The van der Waals surface area contributed by atoms with E-state index in [9.17, 15) is 26.4 Å². The van der Waals surface area contributed by atoms with Gasteiger partial charge in [-0.25, -0.2) is 13.1 Å². The highest BCUT2D eigenvalue weighted by molar-refractivity contribution is 7.89. The third-order valence-electron chi connectivity index (χ3n) is 3.98. The topological polar surface area (TPSA) is 75.3 Å². The van der Waals surface area contributed by atoms with Crippen LogP contribution in [0.4, 0.5) is 18.9 Å². The van der Waals surface area contributed by atoms with Gasteiger partial charge in [-0.1, -0.05) is 30.7 Å². The first-order valence-corrected chi connectivity index (χ1v) is 10.6. The Labute approximate surface area is 172 Å². The van der Waals surface area contributed by atoms with E-state index < -0.39 is 27.7 Å². The Morgan fingerprint density at radius 1 is 1.10 bits per heavy atom. The zero-order valence-electron chi connectivity index (χ0n) is 15.5. The molecule has 158 valence electrons. The molecular weight excluding hydrogens is 429 g/mol. The normalized spacial score (nSPS) is 12.0. The minimum absolute atomic E-state index is 0.000453. The molecule has 0 aliphatic carbocycles. The number of rotatable bonds is 8. The summed E-state index contributed by atoms with van der Waals surface area (Å²) >= 11 is 5.86. The fraction of sp³-hybridized carbons (Fsp3) is 0.316. The predicted molar refractivity (Wildman–Crippen MR) is 105 cm³/mol. The van der Waals surface area contributed by atoms with Crippen LogP contribution in [0.25, 0.3) is 0 Å². The van der Waals surface area contributed by atoms with Crippen molar-refractivity contribution < 1.29 is 26.4 Å². The molecular formula is C19H20ClF3N2O3S. The van der Waals surface area contributed by atoms with Gasteiger partial charge in [0.15, 0.2) is 0 Å². The van der Waals surface area contributed by atoms with Crippen LogP contribution in [-0.2, 0) is 27.4 Å². The number of sulfonamides is 1. The molecule has 29 heavy (non-hydrogen) atoms. The van der Waals surface area contributed by atoms with Crippen LogP contribution < -0.4 is 10.0 Å². The quantitative estimate of drug-likeness (QED) is 0.618. The van der Waals surface area contributed by atoms with Crippen LogP contribution in [0.3, 0.4) is 0 Å². The van der Waals surface area contributed by atoms with Crippen molar-refractivity contribution in [3.05, 3.63) is 58.6 Å². The first kappa shape index (κ1) is 23.2. The number of alkyl halides is 3. The Hall–Kier alpha value is -2.10.